The molecule has 0 bridgehead atoms. The predicted molar refractivity (Wildman–Crippen MR) is 79.6 cm³/mol. The molecule has 0 spiro atoms. The summed E-state index contributed by atoms with van der Waals surface area (Å²) in [4.78, 5) is 14.8. The molecule has 1 fully saturated rings. The molecule has 1 N–H and O–H groups in total. The van der Waals surface area contributed by atoms with Gasteiger partial charge >= 0.3 is 0 Å². The third kappa shape index (κ3) is 2.35. The summed E-state index contributed by atoms with van der Waals surface area (Å²) in [7, 11) is 1.89. The Kier molecular flexibility index (Phi) is 3.73. The van der Waals surface area contributed by atoms with Gasteiger partial charge in [0.05, 0.1) is 12.0 Å². The smallest absolute Gasteiger partial charge is 0.230 e. The van der Waals surface area contributed by atoms with Crippen LogP contribution in [0.3, 0.4) is 0 Å². The Morgan fingerprint density at radius 2 is 2.29 bits per heavy atom. The maximum Gasteiger partial charge on any atom is 0.230 e. The van der Waals surface area contributed by atoms with E-state index in [2.05, 4.69) is 33.9 Å². The molecule has 2 aliphatic heterocycles. The van der Waals surface area contributed by atoms with Gasteiger partial charge in [0.25, 0.3) is 0 Å². The third-order valence-corrected chi connectivity index (χ3v) is 5.13. The van der Waals surface area contributed by atoms with Gasteiger partial charge in [0.1, 0.15) is 5.82 Å². The van der Waals surface area contributed by atoms with Gasteiger partial charge in [-0.2, -0.15) is 0 Å². The normalized spacial score (nSPS) is 24.6. The molecule has 1 amide bonds. The fraction of sp³-hybridized carbons (Fsp3) is 0.800. The van der Waals surface area contributed by atoms with Crippen molar-refractivity contribution in [2.75, 3.05) is 20.1 Å². The molecule has 6 heteroatoms. The van der Waals surface area contributed by atoms with Crippen LogP contribution in [0.4, 0.5) is 0 Å². The largest absolute Gasteiger partial charge is 0.338 e. The van der Waals surface area contributed by atoms with Crippen molar-refractivity contribution in [3.05, 3.63) is 11.6 Å². The number of aryl methyl sites for hydroxylation is 1. The van der Waals surface area contributed by atoms with Crippen LogP contribution in [0.1, 0.15) is 38.3 Å². The number of fused-ring (bicyclic) bond motifs is 1. The van der Waals surface area contributed by atoms with Gasteiger partial charge in [-0.25, -0.2) is 0 Å². The number of hydrogen-bond donors (Lipinski definition) is 1. The average molecular weight is 291 g/mol. The molecule has 1 saturated heterocycles. The van der Waals surface area contributed by atoms with Crippen LogP contribution in [0.5, 0.6) is 0 Å². The summed E-state index contributed by atoms with van der Waals surface area (Å²) in [5.74, 6) is 2.56. The Labute approximate surface area is 125 Å². The van der Waals surface area contributed by atoms with Crippen LogP contribution in [-0.2, 0) is 24.3 Å². The van der Waals surface area contributed by atoms with E-state index in [1.807, 2.05) is 11.9 Å². The zero-order valence-corrected chi connectivity index (χ0v) is 13.2. The first-order valence-electron chi connectivity index (χ1n) is 7.92. The van der Waals surface area contributed by atoms with Crippen molar-refractivity contribution in [3.8, 4) is 0 Å². The minimum absolute atomic E-state index is 0.234. The molecule has 0 aromatic carbocycles. The predicted octanol–water partition coefficient (Wildman–Crippen LogP) is 0.818. The highest BCUT2D eigenvalue weighted by molar-refractivity contribution is 5.83. The fourth-order valence-corrected chi connectivity index (χ4v) is 3.63. The highest BCUT2D eigenvalue weighted by atomic mass is 16.2. The van der Waals surface area contributed by atoms with E-state index in [9.17, 15) is 4.79 Å². The second-order valence-corrected chi connectivity index (χ2v) is 6.69. The van der Waals surface area contributed by atoms with Crippen molar-refractivity contribution in [1.82, 2.24) is 25.0 Å². The number of aromatic nitrogens is 3. The van der Waals surface area contributed by atoms with Gasteiger partial charge < -0.3 is 14.8 Å². The summed E-state index contributed by atoms with van der Waals surface area (Å²) in [5.41, 5.74) is -0.261. The van der Waals surface area contributed by atoms with Gasteiger partial charge in [-0.1, -0.05) is 13.8 Å². The van der Waals surface area contributed by atoms with Crippen LogP contribution in [0, 0.1) is 11.3 Å². The van der Waals surface area contributed by atoms with E-state index in [0.717, 1.165) is 50.5 Å². The summed E-state index contributed by atoms with van der Waals surface area (Å²) in [6.45, 7) is 7.54. The first-order valence-corrected chi connectivity index (χ1v) is 7.92. The number of rotatable bonds is 4. The van der Waals surface area contributed by atoms with Crippen LogP contribution in [0.2, 0.25) is 0 Å². The summed E-state index contributed by atoms with van der Waals surface area (Å²) in [5, 5.41) is 11.8. The summed E-state index contributed by atoms with van der Waals surface area (Å²) in [6.07, 6.45) is 3.06. The summed E-state index contributed by atoms with van der Waals surface area (Å²) >= 11 is 0. The van der Waals surface area contributed by atoms with Crippen molar-refractivity contribution in [3.63, 3.8) is 0 Å². The average Bonchev–Trinajstić information content (AvgIpc) is 3.15. The lowest BCUT2D eigenvalue weighted by molar-refractivity contribution is -0.143. The maximum atomic E-state index is 13.0. The van der Waals surface area contributed by atoms with E-state index in [1.165, 1.54) is 0 Å². The Morgan fingerprint density at radius 3 is 2.95 bits per heavy atom. The Balaban J connectivity index is 1.75. The first-order chi connectivity index (χ1) is 10.0. The van der Waals surface area contributed by atoms with Crippen LogP contribution in [-0.4, -0.2) is 45.7 Å². The molecular formula is C15H25N5O. The lowest BCUT2D eigenvalue weighted by Crippen LogP contribution is -2.46. The van der Waals surface area contributed by atoms with E-state index < -0.39 is 0 Å². The molecule has 21 heavy (non-hydrogen) atoms. The van der Waals surface area contributed by atoms with Crippen molar-refractivity contribution >= 4 is 5.91 Å². The molecule has 1 aromatic heterocycles. The standard InChI is InChI=1S/C15H25N5O/c1-11(2)15(6-7-16-10-15)14(21)19(3)9-13-18-17-12-5-4-8-20(12)13/h11,16H,4-10H2,1-3H3. The number of hydrogen-bond acceptors (Lipinski definition) is 4. The van der Waals surface area contributed by atoms with Crippen molar-refractivity contribution in [2.45, 2.75) is 46.2 Å². The number of nitrogens with zero attached hydrogens (tertiary/aromatic N) is 4. The molecule has 116 valence electrons. The highest BCUT2D eigenvalue weighted by Gasteiger charge is 2.45. The molecule has 1 aromatic rings. The fourth-order valence-electron chi connectivity index (χ4n) is 3.63. The first kappa shape index (κ1) is 14.5. The molecule has 1 atom stereocenters. The second kappa shape index (κ2) is 5.40. The number of carbonyl (C=O) groups excluding carboxylic acids is 1. The topological polar surface area (TPSA) is 63.1 Å². The number of carbonyl (C=O) groups is 1. The molecule has 0 aliphatic carbocycles. The monoisotopic (exact) mass is 291 g/mol. The molecule has 3 rings (SSSR count). The van der Waals surface area contributed by atoms with Crippen LogP contribution >= 0.6 is 0 Å². The van der Waals surface area contributed by atoms with Gasteiger partial charge in [-0.3, -0.25) is 4.79 Å². The Bertz CT molecular complexity index is 530. The minimum Gasteiger partial charge on any atom is -0.338 e. The van der Waals surface area contributed by atoms with E-state index >= 15 is 0 Å². The molecule has 3 heterocycles. The SMILES string of the molecule is CC(C)C1(C(=O)N(C)Cc2nnc3n2CCC3)CCNC1. The van der Waals surface area contributed by atoms with Crippen LogP contribution in [0.25, 0.3) is 0 Å². The summed E-state index contributed by atoms with van der Waals surface area (Å²) in [6, 6.07) is 0. The third-order valence-electron chi connectivity index (χ3n) is 5.13. The molecule has 2 aliphatic rings. The lowest BCUT2D eigenvalue weighted by atomic mass is 9.75. The lowest BCUT2D eigenvalue weighted by Gasteiger charge is -2.35. The van der Waals surface area contributed by atoms with Crippen LogP contribution in [0.15, 0.2) is 0 Å². The summed E-state index contributed by atoms with van der Waals surface area (Å²) < 4.78 is 2.17. The number of amides is 1. The highest BCUT2D eigenvalue weighted by Crippen LogP contribution is 2.36. The van der Waals surface area contributed by atoms with Gasteiger partial charge in [0, 0.05) is 26.6 Å². The zero-order valence-electron chi connectivity index (χ0n) is 13.2. The molecule has 1 unspecified atom stereocenters. The van der Waals surface area contributed by atoms with E-state index in [4.69, 9.17) is 0 Å². The van der Waals surface area contributed by atoms with Crippen molar-refractivity contribution in [1.29, 1.82) is 0 Å². The number of nitrogens with one attached hydrogen (secondary N) is 1. The second-order valence-electron chi connectivity index (χ2n) is 6.69. The van der Waals surface area contributed by atoms with Gasteiger partial charge in [-0.05, 0) is 25.3 Å². The molecule has 0 radical (unpaired) electrons. The zero-order chi connectivity index (χ0) is 15.0. The van der Waals surface area contributed by atoms with E-state index in [1.54, 1.807) is 0 Å². The maximum absolute atomic E-state index is 13.0. The molecule has 0 saturated carbocycles. The van der Waals surface area contributed by atoms with Gasteiger partial charge in [0.15, 0.2) is 5.82 Å². The van der Waals surface area contributed by atoms with E-state index in [0.29, 0.717) is 12.5 Å². The molecule has 6 nitrogen and oxygen atoms in total. The van der Waals surface area contributed by atoms with Crippen molar-refractivity contribution < 1.29 is 4.79 Å². The molecular weight excluding hydrogens is 266 g/mol. The Morgan fingerprint density at radius 1 is 1.48 bits per heavy atom. The van der Waals surface area contributed by atoms with Gasteiger partial charge in [0.2, 0.25) is 5.91 Å². The van der Waals surface area contributed by atoms with Crippen LogP contribution < -0.4 is 5.32 Å². The van der Waals surface area contributed by atoms with E-state index in [-0.39, 0.29) is 11.3 Å². The van der Waals surface area contributed by atoms with Crippen molar-refractivity contribution in [2.24, 2.45) is 11.3 Å². The van der Waals surface area contributed by atoms with Gasteiger partial charge in [-0.15, -0.1) is 10.2 Å². The minimum atomic E-state index is -0.261. The Hall–Kier alpha value is -1.43. The quantitative estimate of drug-likeness (QED) is 0.892.